The van der Waals surface area contributed by atoms with Crippen molar-refractivity contribution in [2.24, 2.45) is 10.7 Å². The maximum atomic E-state index is 6.06. The summed E-state index contributed by atoms with van der Waals surface area (Å²) >= 11 is 0. The van der Waals surface area contributed by atoms with Crippen LogP contribution in [0.3, 0.4) is 0 Å². The number of hydrogen-bond acceptors (Lipinski definition) is 5. The third kappa shape index (κ3) is 4.32. The second-order valence-electron chi connectivity index (χ2n) is 7.78. The van der Waals surface area contributed by atoms with Crippen molar-refractivity contribution in [3.8, 4) is 0 Å². The van der Waals surface area contributed by atoms with Crippen LogP contribution in [0.4, 0.5) is 5.69 Å². The number of nitrogens with zero attached hydrogens (tertiary/aromatic N) is 3. The molecule has 3 N–H and O–H groups in total. The number of nitrogens with two attached hydrogens (primary N) is 1. The maximum Gasteiger partial charge on any atom is 0.255 e. The van der Waals surface area contributed by atoms with Gasteiger partial charge in [0.25, 0.3) is 5.89 Å². The molecule has 1 aromatic carbocycles. The minimum Gasteiger partial charge on any atom is -0.370 e. The van der Waals surface area contributed by atoms with Crippen molar-refractivity contribution in [2.75, 3.05) is 11.9 Å². The average molecular weight is 495 g/mol. The molecule has 2 heterocycles. The zero-order valence-corrected chi connectivity index (χ0v) is 18.1. The first-order valence-electron chi connectivity index (χ1n) is 9.92. The van der Waals surface area contributed by atoms with Crippen LogP contribution >= 0.6 is 24.0 Å². The number of halogens is 1. The summed E-state index contributed by atoms with van der Waals surface area (Å²) in [6.45, 7) is 0.532. The average Bonchev–Trinajstić information content (AvgIpc) is 3.09. The van der Waals surface area contributed by atoms with Crippen LogP contribution in [0, 0.1) is 0 Å². The Morgan fingerprint density at radius 2 is 2.04 bits per heavy atom. The molecule has 0 spiro atoms. The van der Waals surface area contributed by atoms with E-state index in [-0.39, 0.29) is 36.2 Å². The molecule has 28 heavy (non-hydrogen) atoms. The zero-order valence-electron chi connectivity index (χ0n) is 15.8. The number of nitrogens with one attached hydrogen (secondary N) is 1. The lowest BCUT2D eigenvalue weighted by Gasteiger charge is -2.11. The lowest BCUT2D eigenvalue weighted by atomic mass is 10.1. The molecule has 0 amide bonds. The van der Waals surface area contributed by atoms with Gasteiger partial charge in [-0.1, -0.05) is 11.2 Å². The van der Waals surface area contributed by atoms with Crippen molar-refractivity contribution < 1.29 is 9.26 Å². The Balaban J connectivity index is 0.00000192. The maximum absolute atomic E-state index is 6.06. The van der Waals surface area contributed by atoms with E-state index in [0.29, 0.717) is 24.3 Å². The van der Waals surface area contributed by atoms with E-state index in [4.69, 9.17) is 15.0 Å². The minimum absolute atomic E-state index is 0. The molecule has 2 aliphatic carbocycles. The van der Waals surface area contributed by atoms with E-state index in [1.54, 1.807) is 0 Å². The van der Waals surface area contributed by atoms with E-state index in [1.807, 2.05) is 0 Å². The van der Waals surface area contributed by atoms with Gasteiger partial charge in [0.15, 0.2) is 11.8 Å². The number of hydrogen-bond donors (Lipinski definition) is 2. The molecule has 7 nitrogen and oxygen atoms in total. The number of guanidine groups is 1. The predicted molar refractivity (Wildman–Crippen MR) is 117 cm³/mol. The summed E-state index contributed by atoms with van der Waals surface area (Å²) in [6.07, 6.45) is 7.62. The van der Waals surface area contributed by atoms with E-state index in [9.17, 15) is 0 Å². The van der Waals surface area contributed by atoms with Crippen LogP contribution < -0.4 is 11.1 Å². The van der Waals surface area contributed by atoms with Crippen LogP contribution in [0.2, 0.25) is 0 Å². The first-order valence-corrected chi connectivity index (χ1v) is 9.92. The van der Waals surface area contributed by atoms with Gasteiger partial charge in [0.2, 0.25) is 0 Å². The van der Waals surface area contributed by atoms with Crippen LogP contribution in [0.15, 0.2) is 27.7 Å². The second-order valence-corrected chi connectivity index (χ2v) is 7.78. The molecule has 0 unspecified atom stereocenters. The lowest BCUT2D eigenvalue weighted by molar-refractivity contribution is 0.0309. The highest BCUT2D eigenvalue weighted by Crippen LogP contribution is 2.39. The Morgan fingerprint density at radius 1 is 1.18 bits per heavy atom. The normalized spacial score (nSPS) is 24.1. The van der Waals surface area contributed by atoms with Gasteiger partial charge in [0.05, 0.1) is 12.6 Å². The van der Waals surface area contributed by atoms with Gasteiger partial charge < -0.3 is 20.3 Å². The van der Waals surface area contributed by atoms with Gasteiger partial charge >= 0.3 is 0 Å². The summed E-state index contributed by atoms with van der Waals surface area (Å²) < 4.78 is 11.4. The highest BCUT2D eigenvalue weighted by Gasteiger charge is 2.34. The summed E-state index contributed by atoms with van der Waals surface area (Å²) in [7, 11) is 0. The van der Waals surface area contributed by atoms with Crippen molar-refractivity contribution in [3.63, 3.8) is 0 Å². The van der Waals surface area contributed by atoms with Crippen LogP contribution in [0.5, 0.6) is 0 Å². The summed E-state index contributed by atoms with van der Waals surface area (Å²) in [6, 6.07) is 6.43. The van der Waals surface area contributed by atoms with Crippen molar-refractivity contribution in [2.45, 2.75) is 63.1 Å². The summed E-state index contributed by atoms with van der Waals surface area (Å²) in [5.41, 5.74) is 9.93. The van der Waals surface area contributed by atoms with Crippen molar-refractivity contribution in [1.82, 2.24) is 10.1 Å². The van der Waals surface area contributed by atoms with Gasteiger partial charge in [0.1, 0.15) is 6.10 Å². The van der Waals surface area contributed by atoms with E-state index in [2.05, 4.69) is 38.6 Å². The fraction of sp³-hybridized carbons (Fsp3) is 0.550. The summed E-state index contributed by atoms with van der Waals surface area (Å²) in [5.74, 6) is 2.36. The van der Waals surface area contributed by atoms with Crippen LogP contribution in [0.25, 0.3) is 0 Å². The fourth-order valence-electron chi connectivity index (χ4n) is 3.94. The smallest absolute Gasteiger partial charge is 0.255 e. The van der Waals surface area contributed by atoms with E-state index in [1.165, 1.54) is 36.8 Å². The van der Waals surface area contributed by atoms with Crippen LogP contribution in [-0.4, -0.2) is 28.7 Å². The van der Waals surface area contributed by atoms with Crippen molar-refractivity contribution in [1.29, 1.82) is 0 Å². The Kier molecular flexibility index (Phi) is 5.86. The van der Waals surface area contributed by atoms with Gasteiger partial charge in [-0.2, -0.15) is 4.98 Å². The summed E-state index contributed by atoms with van der Waals surface area (Å²) in [4.78, 5) is 8.95. The standard InChI is InChI=1S/C20H25N5O2.HI/c21-20(23-15-7-6-12-2-1-3-14(12)10-15)22-11-16-8-9-17(26-16)19-24-18(25-27-19)13-4-5-13;/h6-7,10,13,16-17H,1-5,8-9,11H2,(H3,21,22,23);1H/t16-,17+;/m1./s1. The van der Waals surface area contributed by atoms with Gasteiger partial charge in [0, 0.05) is 11.6 Å². The number of ether oxygens (including phenoxy) is 1. The van der Waals surface area contributed by atoms with Gasteiger partial charge in [-0.15, -0.1) is 24.0 Å². The molecule has 2 aromatic rings. The third-order valence-corrected chi connectivity index (χ3v) is 5.62. The van der Waals surface area contributed by atoms with E-state index in [0.717, 1.165) is 30.8 Å². The number of fused-ring (bicyclic) bond motifs is 1. The molecule has 3 aliphatic rings. The molecule has 5 rings (SSSR count). The monoisotopic (exact) mass is 495 g/mol. The molecule has 1 saturated heterocycles. The fourth-order valence-corrected chi connectivity index (χ4v) is 3.94. The molecule has 1 aromatic heterocycles. The Labute approximate surface area is 181 Å². The highest BCUT2D eigenvalue weighted by atomic mass is 127. The molecule has 1 saturated carbocycles. The van der Waals surface area contributed by atoms with E-state index < -0.39 is 0 Å². The van der Waals surface area contributed by atoms with Crippen LogP contribution in [0.1, 0.15) is 67.0 Å². The number of benzene rings is 1. The molecule has 0 bridgehead atoms. The quantitative estimate of drug-likeness (QED) is 0.373. The second kappa shape index (κ2) is 8.36. The minimum atomic E-state index is -0.115. The van der Waals surface area contributed by atoms with Crippen LogP contribution in [-0.2, 0) is 17.6 Å². The Hall–Kier alpha value is -1.68. The molecule has 8 heteroatoms. The first-order chi connectivity index (χ1) is 13.2. The summed E-state index contributed by atoms with van der Waals surface area (Å²) in [5, 5.41) is 7.26. The van der Waals surface area contributed by atoms with Gasteiger partial charge in [-0.3, -0.25) is 4.99 Å². The molecule has 0 radical (unpaired) electrons. The molecular weight excluding hydrogens is 469 g/mol. The zero-order chi connectivity index (χ0) is 18.2. The molecule has 1 aliphatic heterocycles. The highest BCUT2D eigenvalue weighted by molar-refractivity contribution is 14.0. The largest absolute Gasteiger partial charge is 0.370 e. The number of anilines is 1. The van der Waals surface area contributed by atoms with Crippen molar-refractivity contribution >= 4 is 35.6 Å². The van der Waals surface area contributed by atoms with Gasteiger partial charge in [-0.05, 0) is 68.2 Å². The molecule has 150 valence electrons. The number of rotatable bonds is 5. The van der Waals surface area contributed by atoms with Crippen molar-refractivity contribution in [3.05, 3.63) is 41.0 Å². The Morgan fingerprint density at radius 3 is 2.89 bits per heavy atom. The number of aromatic nitrogens is 2. The van der Waals surface area contributed by atoms with Gasteiger partial charge in [-0.25, -0.2) is 0 Å². The molecule has 2 atom stereocenters. The third-order valence-electron chi connectivity index (χ3n) is 5.62. The lowest BCUT2D eigenvalue weighted by Crippen LogP contribution is -2.24. The Bertz CT molecular complexity index is 864. The number of aliphatic imine (C=N–C) groups is 1. The molecule has 2 fully saturated rings. The molecular formula is C20H26IN5O2. The topological polar surface area (TPSA) is 98.6 Å². The SMILES string of the molecule is I.NC(=NC[C@H]1CC[C@@H](c2nc(C3CC3)no2)O1)Nc1ccc2c(c1)CCC2. The predicted octanol–water partition coefficient (Wildman–Crippen LogP) is 3.70. The number of aryl methyl sites for hydroxylation is 2. The van der Waals surface area contributed by atoms with E-state index >= 15 is 0 Å². The first kappa shape index (κ1) is 19.6.